The highest BCUT2D eigenvalue weighted by Crippen LogP contribution is 2.25. The molecule has 7 nitrogen and oxygen atoms in total. The van der Waals surface area contributed by atoms with Crippen LogP contribution in [0.2, 0.25) is 0 Å². The van der Waals surface area contributed by atoms with Crippen molar-refractivity contribution in [3.8, 4) is 5.75 Å². The van der Waals surface area contributed by atoms with Gasteiger partial charge in [0, 0.05) is 12.0 Å². The van der Waals surface area contributed by atoms with E-state index in [4.69, 9.17) is 10.6 Å². The van der Waals surface area contributed by atoms with Gasteiger partial charge in [0.25, 0.3) is 0 Å². The molecule has 0 aliphatic rings. The van der Waals surface area contributed by atoms with Gasteiger partial charge in [-0.25, -0.2) is 4.68 Å². The highest BCUT2D eigenvalue weighted by molar-refractivity contribution is 8.00. The second-order valence-corrected chi connectivity index (χ2v) is 8.38. The summed E-state index contributed by atoms with van der Waals surface area (Å²) in [6.45, 7) is 8.45. The van der Waals surface area contributed by atoms with Gasteiger partial charge in [-0.05, 0) is 31.0 Å². The molecular weight excluding hydrogens is 350 g/mol. The minimum absolute atomic E-state index is 0.0520. The van der Waals surface area contributed by atoms with Crippen LogP contribution in [0, 0.1) is 0 Å². The molecule has 0 aliphatic carbocycles. The van der Waals surface area contributed by atoms with E-state index in [2.05, 4.69) is 15.5 Å². The van der Waals surface area contributed by atoms with Gasteiger partial charge in [-0.15, -0.1) is 10.2 Å². The molecule has 8 heteroatoms. The third-order valence-electron chi connectivity index (χ3n) is 3.86. The summed E-state index contributed by atoms with van der Waals surface area (Å²) in [6, 6.07) is 7.81. The summed E-state index contributed by atoms with van der Waals surface area (Å²) in [7, 11) is 1.64. The zero-order valence-corrected chi connectivity index (χ0v) is 16.8. The molecule has 1 aromatic carbocycles. The number of rotatable bonds is 7. The number of methoxy groups -OCH3 is 1. The minimum atomic E-state index is -0.315. The van der Waals surface area contributed by atoms with E-state index in [9.17, 15) is 4.79 Å². The predicted molar refractivity (Wildman–Crippen MR) is 104 cm³/mol. The number of hydrogen-bond acceptors (Lipinski definition) is 6. The number of nitrogen functional groups attached to an aromatic ring is 1. The van der Waals surface area contributed by atoms with Gasteiger partial charge in [-0.1, -0.05) is 44.7 Å². The number of hydrogen-bond donors (Lipinski definition) is 2. The van der Waals surface area contributed by atoms with Crippen molar-refractivity contribution in [2.24, 2.45) is 0 Å². The number of nitrogens with one attached hydrogen (secondary N) is 1. The average Bonchev–Trinajstić information content (AvgIpc) is 2.96. The second-order valence-electron chi connectivity index (χ2n) is 7.08. The number of carbonyl (C=O) groups is 1. The van der Waals surface area contributed by atoms with Crippen molar-refractivity contribution < 1.29 is 9.53 Å². The number of benzene rings is 1. The summed E-state index contributed by atoms with van der Waals surface area (Å²) in [5, 5.41) is 11.4. The topological polar surface area (TPSA) is 95.1 Å². The summed E-state index contributed by atoms with van der Waals surface area (Å²) in [4.78, 5) is 12.3. The Bertz CT molecular complexity index is 737. The van der Waals surface area contributed by atoms with E-state index in [0.29, 0.717) is 17.5 Å². The quantitative estimate of drug-likeness (QED) is 0.567. The van der Waals surface area contributed by atoms with Crippen LogP contribution in [0.15, 0.2) is 29.4 Å². The summed E-state index contributed by atoms with van der Waals surface area (Å²) >= 11 is 1.30. The van der Waals surface area contributed by atoms with Gasteiger partial charge >= 0.3 is 0 Å². The Morgan fingerprint density at radius 3 is 2.50 bits per heavy atom. The summed E-state index contributed by atoms with van der Waals surface area (Å²) in [5.74, 6) is 7.52. The Kier molecular flexibility index (Phi) is 6.52. The van der Waals surface area contributed by atoms with E-state index < -0.39 is 0 Å². The fraction of sp³-hybridized carbons (Fsp3) is 0.500. The number of carbonyl (C=O) groups excluding carboxylic acids is 1. The van der Waals surface area contributed by atoms with E-state index in [-0.39, 0.29) is 16.6 Å². The average molecular weight is 378 g/mol. The third-order valence-corrected chi connectivity index (χ3v) is 4.92. The number of amides is 1. The lowest BCUT2D eigenvalue weighted by Gasteiger charge is -2.17. The van der Waals surface area contributed by atoms with Gasteiger partial charge in [-0.3, -0.25) is 4.79 Å². The minimum Gasteiger partial charge on any atom is -0.497 e. The lowest BCUT2D eigenvalue weighted by atomic mass is 9.96. The first kappa shape index (κ1) is 20.1. The molecule has 1 unspecified atom stereocenters. The SMILES string of the molecule is COc1ccc(CCNC(=O)C(C)Sc2nnc(C(C)(C)C)n2N)cc1. The molecule has 0 aliphatic heterocycles. The molecule has 0 spiro atoms. The molecule has 0 fully saturated rings. The molecule has 1 heterocycles. The van der Waals surface area contributed by atoms with E-state index in [1.165, 1.54) is 16.4 Å². The highest BCUT2D eigenvalue weighted by Gasteiger charge is 2.25. The maximum absolute atomic E-state index is 12.3. The largest absolute Gasteiger partial charge is 0.497 e. The van der Waals surface area contributed by atoms with E-state index in [0.717, 1.165) is 17.7 Å². The molecular formula is C18H27N5O2S. The van der Waals surface area contributed by atoms with Crippen molar-refractivity contribution in [2.75, 3.05) is 19.5 Å². The van der Waals surface area contributed by atoms with Crippen LogP contribution in [-0.2, 0) is 16.6 Å². The molecule has 0 saturated carbocycles. The molecule has 0 radical (unpaired) electrons. The van der Waals surface area contributed by atoms with Crippen molar-refractivity contribution >= 4 is 17.7 Å². The monoisotopic (exact) mass is 377 g/mol. The van der Waals surface area contributed by atoms with Gasteiger partial charge < -0.3 is 15.9 Å². The number of aromatic nitrogens is 3. The fourth-order valence-corrected chi connectivity index (χ4v) is 3.14. The Morgan fingerprint density at radius 1 is 1.31 bits per heavy atom. The van der Waals surface area contributed by atoms with Crippen molar-refractivity contribution in [3.63, 3.8) is 0 Å². The van der Waals surface area contributed by atoms with Crippen molar-refractivity contribution in [1.82, 2.24) is 20.2 Å². The molecule has 2 rings (SSSR count). The number of nitrogens with zero attached hydrogens (tertiary/aromatic N) is 3. The molecule has 3 N–H and O–H groups in total. The molecule has 0 saturated heterocycles. The van der Waals surface area contributed by atoms with Crippen LogP contribution in [-0.4, -0.2) is 39.7 Å². The maximum atomic E-state index is 12.3. The van der Waals surface area contributed by atoms with Crippen LogP contribution in [0.4, 0.5) is 0 Å². The Labute approximate surface area is 158 Å². The van der Waals surface area contributed by atoms with Crippen molar-refractivity contribution in [1.29, 1.82) is 0 Å². The molecule has 1 amide bonds. The molecule has 26 heavy (non-hydrogen) atoms. The maximum Gasteiger partial charge on any atom is 0.233 e. The normalized spacial score (nSPS) is 12.7. The second kappa shape index (κ2) is 8.44. The van der Waals surface area contributed by atoms with Gasteiger partial charge in [0.05, 0.1) is 12.4 Å². The van der Waals surface area contributed by atoms with Crippen LogP contribution in [0.25, 0.3) is 0 Å². The smallest absolute Gasteiger partial charge is 0.233 e. The number of nitrogens with two attached hydrogens (primary N) is 1. The van der Waals surface area contributed by atoms with Crippen LogP contribution in [0.5, 0.6) is 5.75 Å². The summed E-state index contributed by atoms with van der Waals surface area (Å²) in [6.07, 6.45) is 0.758. The number of ether oxygens (including phenoxy) is 1. The number of thioether (sulfide) groups is 1. The van der Waals surface area contributed by atoms with Crippen LogP contribution < -0.4 is 15.9 Å². The molecule has 1 aromatic heterocycles. The Balaban J connectivity index is 1.85. The van der Waals surface area contributed by atoms with Crippen molar-refractivity contribution in [3.05, 3.63) is 35.7 Å². The van der Waals surface area contributed by atoms with Gasteiger partial charge in [0.15, 0.2) is 5.82 Å². The van der Waals surface area contributed by atoms with E-state index in [1.807, 2.05) is 52.0 Å². The summed E-state index contributed by atoms with van der Waals surface area (Å²) in [5.41, 5.74) is 0.938. The lowest BCUT2D eigenvalue weighted by molar-refractivity contribution is -0.120. The fourth-order valence-electron chi connectivity index (χ4n) is 2.35. The lowest BCUT2D eigenvalue weighted by Crippen LogP contribution is -2.33. The molecule has 0 bridgehead atoms. The Hall–Kier alpha value is -2.22. The standard InChI is InChI=1S/C18H27N5O2S/c1-12(26-17-22-21-16(23(17)19)18(2,3)4)15(24)20-11-10-13-6-8-14(25-5)9-7-13/h6-9,12H,10-11,19H2,1-5H3,(H,20,24). The van der Waals surface area contributed by atoms with E-state index >= 15 is 0 Å². The third kappa shape index (κ3) is 5.14. The first-order chi connectivity index (χ1) is 12.2. The zero-order valence-electron chi connectivity index (χ0n) is 15.9. The highest BCUT2D eigenvalue weighted by atomic mass is 32.2. The van der Waals surface area contributed by atoms with Crippen LogP contribution >= 0.6 is 11.8 Å². The first-order valence-electron chi connectivity index (χ1n) is 8.50. The van der Waals surface area contributed by atoms with E-state index in [1.54, 1.807) is 7.11 Å². The van der Waals surface area contributed by atoms with Gasteiger partial charge in [0.2, 0.25) is 11.1 Å². The van der Waals surface area contributed by atoms with Crippen LogP contribution in [0.3, 0.4) is 0 Å². The molecule has 1 atom stereocenters. The molecule has 142 valence electrons. The van der Waals surface area contributed by atoms with Crippen LogP contribution in [0.1, 0.15) is 39.1 Å². The van der Waals surface area contributed by atoms with Crippen molar-refractivity contribution in [2.45, 2.75) is 49.9 Å². The Morgan fingerprint density at radius 2 is 1.96 bits per heavy atom. The molecule has 2 aromatic rings. The van der Waals surface area contributed by atoms with Gasteiger partial charge in [0.1, 0.15) is 5.75 Å². The first-order valence-corrected chi connectivity index (χ1v) is 9.38. The summed E-state index contributed by atoms with van der Waals surface area (Å²) < 4.78 is 6.60. The zero-order chi connectivity index (χ0) is 19.3. The van der Waals surface area contributed by atoms with Gasteiger partial charge in [-0.2, -0.15) is 0 Å². The predicted octanol–water partition coefficient (Wildman–Crippen LogP) is 2.14.